The Hall–Kier alpha value is -2.81. The Morgan fingerprint density at radius 2 is 2.22 bits per heavy atom. The molecule has 2 aromatic rings. The Balaban J connectivity index is 2.00. The third kappa shape index (κ3) is 3.04. The molecule has 0 radical (unpaired) electrons. The molecule has 1 aromatic heterocycles. The molecule has 6 heteroatoms. The minimum absolute atomic E-state index is 0.0690. The fourth-order valence-corrected chi connectivity index (χ4v) is 2.78. The van der Waals surface area contributed by atoms with Crippen LogP contribution in [0.15, 0.2) is 18.2 Å². The maximum Gasteiger partial charge on any atom is 0.174 e. The summed E-state index contributed by atoms with van der Waals surface area (Å²) in [7, 11) is 1.49. The first-order valence-corrected chi connectivity index (χ1v) is 7.64. The number of phenolic OH excluding ortho intramolecular Hbond substituents is 1. The van der Waals surface area contributed by atoms with Gasteiger partial charge < -0.3 is 14.4 Å². The van der Waals surface area contributed by atoms with Gasteiger partial charge in [-0.25, -0.2) is 0 Å². The van der Waals surface area contributed by atoms with E-state index in [0.29, 0.717) is 17.1 Å². The van der Waals surface area contributed by atoms with Crippen molar-refractivity contribution in [1.29, 1.82) is 5.26 Å². The molecule has 0 saturated heterocycles. The highest BCUT2D eigenvalue weighted by atomic mass is 16.5. The van der Waals surface area contributed by atoms with Gasteiger partial charge in [-0.15, -0.1) is 10.2 Å². The molecule has 0 saturated carbocycles. The lowest BCUT2D eigenvalue weighted by molar-refractivity contribution is 0.373. The van der Waals surface area contributed by atoms with Gasteiger partial charge in [0.1, 0.15) is 11.9 Å². The molecule has 0 fully saturated rings. The number of nitrogens with zero attached hydrogens (tertiary/aromatic N) is 4. The van der Waals surface area contributed by atoms with Crippen LogP contribution in [0.1, 0.15) is 36.5 Å². The topological polar surface area (TPSA) is 84.0 Å². The van der Waals surface area contributed by atoms with Crippen LogP contribution < -0.4 is 4.74 Å². The van der Waals surface area contributed by atoms with Crippen LogP contribution in [0, 0.1) is 11.3 Å². The molecule has 1 aliphatic rings. The molecule has 0 spiro atoms. The molecule has 0 atom stereocenters. The highest BCUT2D eigenvalue weighted by Gasteiger charge is 2.17. The average Bonchev–Trinajstić information content (AvgIpc) is 2.82. The lowest BCUT2D eigenvalue weighted by Gasteiger charge is -2.07. The second kappa shape index (κ2) is 6.53. The van der Waals surface area contributed by atoms with Crippen LogP contribution >= 0.6 is 0 Å². The molecule has 118 valence electrons. The van der Waals surface area contributed by atoms with Crippen molar-refractivity contribution in [3.05, 3.63) is 35.4 Å². The number of benzene rings is 1. The SMILES string of the molecule is COc1cc(/C=C(\C#N)c2nnc3n2CCCCC3)ccc1O. The molecular weight excluding hydrogens is 292 g/mol. The summed E-state index contributed by atoms with van der Waals surface area (Å²) < 4.78 is 7.14. The molecule has 1 N–H and O–H groups in total. The predicted molar refractivity (Wildman–Crippen MR) is 85.7 cm³/mol. The first-order chi connectivity index (χ1) is 11.2. The lowest BCUT2D eigenvalue weighted by Crippen LogP contribution is -2.05. The highest BCUT2D eigenvalue weighted by molar-refractivity contribution is 5.87. The van der Waals surface area contributed by atoms with E-state index in [1.54, 1.807) is 24.3 Å². The Labute approximate surface area is 134 Å². The van der Waals surface area contributed by atoms with Gasteiger partial charge in [0.2, 0.25) is 0 Å². The van der Waals surface area contributed by atoms with Gasteiger partial charge in [0.25, 0.3) is 0 Å². The summed E-state index contributed by atoms with van der Waals surface area (Å²) in [6, 6.07) is 7.17. The van der Waals surface area contributed by atoms with Gasteiger partial charge in [-0.1, -0.05) is 12.5 Å². The monoisotopic (exact) mass is 310 g/mol. The Kier molecular flexibility index (Phi) is 4.29. The molecule has 0 amide bonds. The molecule has 23 heavy (non-hydrogen) atoms. The summed E-state index contributed by atoms with van der Waals surface area (Å²) in [6.45, 7) is 0.843. The molecule has 0 unspecified atom stereocenters. The zero-order valence-electron chi connectivity index (χ0n) is 13.0. The number of rotatable bonds is 3. The summed E-state index contributed by atoms with van der Waals surface area (Å²) in [5.74, 6) is 1.99. The normalized spacial score (nSPS) is 14.7. The smallest absolute Gasteiger partial charge is 0.174 e. The predicted octanol–water partition coefficient (Wildman–Crippen LogP) is 2.78. The second-order valence-electron chi connectivity index (χ2n) is 5.50. The number of hydrogen-bond acceptors (Lipinski definition) is 5. The zero-order chi connectivity index (χ0) is 16.2. The average molecular weight is 310 g/mol. The van der Waals surface area contributed by atoms with Crippen LogP contribution in [0.3, 0.4) is 0 Å². The minimum Gasteiger partial charge on any atom is -0.504 e. The summed E-state index contributed by atoms with van der Waals surface area (Å²) in [6.07, 6.45) is 6.00. The molecule has 6 nitrogen and oxygen atoms in total. The van der Waals surface area contributed by atoms with Crippen molar-refractivity contribution in [3.63, 3.8) is 0 Å². The van der Waals surface area contributed by atoms with E-state index in [2.05, 4.69) is 16.3 Å². The summed E-state index contributed by atoms with van der Waals surface area (Å²) >= 11 is 0. The van der Waals surface area contributed by atoms with Gasteiger partial charge in [0.15, 0.2) is 17.3 Å². The van der Waals surface area contributed by atoms with E-state index in [4.69, 9.17) is 4.74 Å². The van der Waals surface area contributed by atoms with E-state index in [-0.39, 0.29) is 5.75 Å². The third-order valence-corrected chi connectivity index (χ3v) is 3.99. The van der Waals surface area contributed by atoms with E-state index in [9.17, 15) is 10.4 Å². The van der Waals surface area contributed by atoms with Crippen LogP contribution in [-0.2, 0) is 13.0 Å². The number of nitriles is 1. The zero-order valence-corrected chi connectivity index (χ0v) is 13.0. The van der Waals surface area contributed by atoms with Gasteiger partial charge in [-0.2, -0.15) is 5.26 Å². The van der Waals surface area contributed by atoms with Gasteiger partial charge in [-0.05, 0) is 36.6 Å². The van der Waals surface area contributed by atoms with Crippen molar-refractivity contribution in [2.75, 3.05) is 7.11 Å². The largest absolute Gasteiger partial charge is 0.504 e. The van der Waals surface area contributed by atoms with E-state index >= 15 is 0 Å². The maximum absolute atomic E-state index is 9.66. The number of allylic oxidation sites excluding steroid dienone is 1. The van der Waals surface area contributed by atoms with Crippen LogP contribution in [0.2, 0.25) is 0 Å². The molecule has 0 aliphatic carbocycles. The maximum atomic E-state index is 9.66. The van der Waals surface area contributed by atoms with Crippen molar-refractivity contribution in [3.8, 4) is 17.6 Å². The van der Waals surface area contributed by atoms with Crippen molar-refractivity contribution in [1.82, 2.24) is 14.8 Å². The van der Waals surface area contributed by atoms with Crippen LogP contribution in [-0.4, -0.2) is 27.0 Å². The lowest BCUT2D eigenvalue weighted by atomic mass is 10.1. The molecule has 1 aromatic carbocycles. The minimum atomic E-state index is 0.0690. The summed E-state index contributed by atoms with van der Waals surface area (Å²) in [5, 5.41) is 27.6. The second-order valence-corrected chi connectivity index (χ2v) is 5.50. The molecule has 0 bridgehead atoms. The van der Waals surface area contributed by atoms with Crippen molar-refractivity contribution < 1.29 is 9.84 Å². The van der Waals surface area contributed by atoms with Gasteiger partial charge in [0.05, 0.1) is 12.7 Å². The fraction of sp³-hybridized carbons (Fsp3) is 0.353. The number of phenols is 1. The number of methoxy groups -OCH3 is 1. The summed E-state index contributed by atoms with van der Waals surface area (Å²) in [5.41, 5.74) is 1.22. The van der Waals surface area contributed by atoms with Crippen molar-refractivity contribution in [2.24, 2.45) is 0 Å². The molecule has 2 heterocycles. The standard InChI is InChI=1S/C17H18N4O2/c1-23-15-10-12(6-7-14(15)22)9-13(11-18)17-20-19-16-5-3-2-4-8-21(16)17/h6-7,9-10,22H,2-5,8H2,1H3/b13-9+. The van der Waals surface area contributed by atoms with Crippen molar-refractivity contribution >= 4 is 11.6 Å². The van der Waals surface area contributed by atoms with E-state index in [1.807, 2.05) is 4.57 Å². The van der Waals surface area contributed by atoms with E-state index < -0.39 is 0 Å². The number of aryl methyl sites for hydroxylation is 1. The third-order valence-electron chi connectivity index (χ3n) is 3.99. The Morgan fingerprint density at radius 3 is 3.00 bits per heavy atom. The number of aromatic hydroxyl groups is 1. The highest BCUT2D eigenvalue weighted by Crippen LogP contribution is 2.28. The quantitative estimate of drug-likeness (QED) is 0.881. The number of fused-ring (bicyclic) bond motifs is 1. The van der Waals surface area contributed by atoms with Crippen LogP contribution in [0.5, 0.6) is 11.5 Å². The van der Waals surface area contributed by atoms with Crippen LogP contribution in [0.25, 0.3) is 11.6 Å². The first-order valence-electron chi connectivity index (χ1n) is 7.64. The molecular formula is C17H18N4O2. The molecule has 3 rings (SSSR count). The number of ether oxygens (including phenoxy) is 1. The number of hydrogen-bond donors (Lipinski definition) is 1. The number of aromatic nitrogens is 3. The fourth-order valence-electron chi connectivity index (χ4n) is 2.78. The van der Waals surface area contributed by atoms with E-state index in [1.165, 1.54) is 13.5 Å². The van der Waals surface area contributed by atoms with Gasteiger partial charge in [-0.3, -0.25) is 0 Å². The Morgan fingerprint density at radius 1 is 1.35 bits per heavy atom. The van der Waals surface area contributed by atoms with Crippen LogP contribution in [0.4, 0.5) is 0 Å². The van der Waals surface area contributed by atoms with Crippen molar-refractivity contribution in [2.45, 2.75) is 32.2 Å². The summed E-state index contributed by atoms with van der Waals surface area (Å²) in [4.78, 5) is 0. The van der Waals surface area contributed by atoms with E-state index in [0.717, 1.165) is 37.2 Å². The van der Waals surface area contributed by atoms with Gasteiger partial charge >= 0.3 is 0 Å². The molecule has 1 aliphatic heterocycles. The first kappa shape index (κ1) is 15.1. The van der Waals surface area contributed by atoms with Gasteiger partial charge in [0, 0.05) is 13.0 Å². The Bertz CT molecular complexity index is 786.